The first kappa shape index (κ1) is 23.8. The van der Waals surface area contributed by atoms with Crippen molar-refractivity contribution < 1.29 is 18.7 Å². The highest BCUT2D eigenvalue weighted by Gasteiger charge is 2.15. The lowest BCUT2D eigenvalue weighted by Gasteiger charge is -2.11. The summed E-state index contributed by atoms with van der Waals surface area (Å²) in [5.41, 5.74) is 2.73. The number of aromatic nitrogens is 2. The van der Waals surface area contributed by atoms with Gasteiger partial charge < -0.3 is 14.0 Å². The molecule has 8 heteroatoms. The molecule has 0 saturated carbocycles. The summed E-state index contributed by atoms with van der Waals surface area (Å²) in [6.45, 7) is 7.48. The molecule has 0 aliphatic carbocycles. The number of imidazole rings is 1. The van der Waals surface area contributed by atoms with E-state index in [1.165, 1.54) is 17.8 Å². The summed E-state index contributed by atoms with van der Waals surface area (Å²) in [5, 5.41) is 0.780. The van der Waals surface area contributed by atoms with E-state index in [1.54, 1.807) is 25.1 Å². The maximum absolute atomic E-state index is 14.3. The van der Waals surface area contributed by atoms with E-state index >= 15 is 0 Å². The number of carbonyl (C=O) groups excluding carboxylic acids is 1. The zero-order chi connectivity index (χ0) is 22.4. The molecule has 0 fully saturated rings. The van der Waals surface area contributed by atoms with E-state index in [1.807, 2.05) is 26.0 Å². The van der Waals surface area contributed by atoms with Crippen molar-refractivity contribution in [1.29, 1.82) is 0 Å². The Balaban J connectivity index is 1.86. The summed E-state index contributed by atoms with van der Waals surface area (Å²) in [4.78, 5) is 16.8. The van der Waals surface area contributed by atoms with Crippen LogP contribution in [0, 0.1) is 5.82 Å². The van der Waals surface area contributed by atoms with Crippen molar-refractivity contribution >= 4 is 44.7 Å². The number of hydrogen-bond acceptors (Lipinski definition) is 5. The molecule has 0 aliphatic heterocycles. The minimum absolute atomic E-state index is 0.181. The van der Waals surface area contributed by atoms with Crippen molar-refractivity contribution in [2.45, 2.75) is 50.8 Å². The van der Waals surface area contributed by atoms with E-state index in [2.05, 4.69) is 20.5 Å². The van der Waals surface area contributed by atoms with Crippen LogP contribution in [-0.4, -0.2) is 34.8 Å². The van der Waals surface area contributed by atoms with Crippen LogP contribution in [0.2, 0.25) is 0 Å². The van der Waals surface area contributed by atoms with Crippen LogP contribution in [0.5, 0.6) is 0 Å². The Morgan fingerprint density at radius 3 is 2.77 bits per heavy atom. The number of carbonyl (C=O) groups is 1. The van der Waals surface area contributed by atoms with E-state index in [-0.39, 0.29) is 17.9 Å². The lowest BCUT2D eigenvalue weighted by molar-refractivity contribution is 0.0526. The molecule has 0 amide bonds. The zero-order valence-corrected chi connectivity index (χ0v) is 20.3. The maximum Gasteiger partial charge on any atom is 0.338 e. The first-order chi connectivity index (χ1) is 14.9. The second kappa shape index (κ2) is 11.1. The van der Waals surface area contributed by atoms with Gasteiger partial charge >= 0.3 is 5.97 Å². The molecule has 1 aromatic heterocycles. The van der Waals surface area contributed by atoms with Gasteiger partial charge in [-0.2, -0.15) is 0 Å². The van der Waals surface area contributed by atoms with Gasteiger partial charge in [0.1, 0.15) is 5.82 Å². The molecule has 3 aromatic rings. The SMILES string of the molecule is CCOC(=O)c1ccc2c(c1)nc(SCc1ccc(Br)cc1F)n2CCCOC(C)C. The number of ether oxygens (including phenoxy) is 2. The molecule has 0 radical (unpaired) electrons. The molecular formula is C23H26BrFN2O3S. The number of benzene rings is 2. The molecule has 31 heavy (non-hydrogen) atoms. The molecule has 166 valence electrons. The van der Waals surface area contributed by atoms with Gasteiger partial charge in [-0.05, 0) is 63.1 Å². The van der Waals surface area contributed by atoms with Crippen LogP contribution in [0.25, 0.3) is 11.0 Å². The number of esters is 1. The number of halogens is 2. The van der Waals surface area contributed by atoms with Crippen molar-refractivity contribution in [3.63, 3.8) is 0 Å². The second-order valence-electron chi connectivity index (χ2n) is 7.27. The summed E-state index contributed by atoms with van der Waals surface area (Å²) < 4.78 is 27.8. The third-order valence-corrected chi connectivity index (χ3v) is 6.09. The molecule has 5 nitrogen and oxygen atoms in total. The fourth-order valence-electron chi connectivity index (χ4n) is 3.10. The van der Waals surface area contributed by atoms with Crippen LogP contribution >= 0.6 is 27.7 Å². The molecular weight excluding hydrogens is 483 g/mol. The molecule has 3 rings (SSSR count). The normalized spacial score (nSPS) is 11.4. The Labute approximate surface area is 194 Å². The van der Waals surface area contributed by atoms with Gasteiger partial charge in [-0.15, -0.1) is 0 Å². The number of rotatable bonds is 10. The first-order valence-corrected chi connectivity index (χ1v) is 12.0. The molecule has 0 saturated heterocycles. The molecule has 0 bridgehead atoms. The summed E-state index contributed by atoms with van der Waals surface area (Å²) in [6.07, 6.45) is 1.00. The Bertz CT molecular complexity index is 1050. The minimum Gasteiger partial charge on any atom is -0.462 e. The van der Waals surface area contributed by atoms with Gasteiger partial charge in [-0.1, -0.05) is 33.8 Å². The van der Waals surface area contributed by atoms with E-state index in [0.717, 1.165) is 17.1 Å². The molecule has 0 unspecified atom stereocenters. The Kier molecular flexibility index (Phi) is 8.51. The van der Waals surface area contributed by atoms with Crippen molar-refractivity contribution in [2.24, 2.45) is 0 Å². The van der Waals surface area contributed by atoms with Crippen LogP contribution in [0.4, 0.5) is 4.39 Å². The molecule has 0 N–H and O–H groups in total. The van der Waals surface area contributed by atoms with Gasteiger partial charge in [0.2, 0.25) is 0 Å². The predicted molar refractivity (Wildman–Crippen MR) is 125 cm³/mol. The summed E-state index contributed by atoms with van der Waals surface area (Å²) in [6, 6.07) is 10.5. The lowest BCUT2D eigenvalue weighted by Crippen LogP contribution is -2.08. The van der Waals surface area contributed by atoms with Gasteiger partial charge in [0.15, 0.2) is 5.16 Å². The van der Waals surface area contributed by atoms with Gasteiger partial charge in [0.25, 0.3) is 0 Å². The maximum atomic E-state index is 14.3. The topological polar surface area (TPSA) is 53.3 Å². The van der Waals surface area contributed by atoms with Crippen molar-refractivity contribution in [2.75, 3.05) is 13.2 Å². The Morgan fingerprint density at radius 1 is 1.26 bits per heavy atom. The Morgan fingerprint density at radius 2 is 2.06 bits per heavy atom. The minimum atomic E-state index is -0.365. The van der Waals surface area contributed by atoms with Gasteiger partial charge in [-0.25, -0.2) is 14.2 Å². The highest BCUT2D eigenvalue weighted by molar-refractivity contribution is 9.10. The summed E-state index contributed by atoms with van der Waals surface area (Å²) in [5.74, 6) is -0.162. The number of hydrogen-bond donors (Lipinski definition) is 0. The van der Waals surface area contributed by atoms with Crippen LogP contribution in [-0.2, 0) is 21.8 Å². The number of nitrogens with zero attached hydrogens (tertiary/aromatic N) is 2. The third-order valence-electron chi connectivity index (χ3n) is 4.57. The van der Waals surface area contributed by atoms with Crippen molar-refractivity contribution in [1.82, 2.24) is 9.55 Å². The van der Waals surface area contributed by atoms with Crippen LogP contribution in [0.3, 0.4) is 0 Å². The highest BCUT2D eigenvalue weighted by Crippen LogP contribution is 2.29. The molecule has 1 heterocycles. The monoisotopic (exact) mass is 508 g/mol. The fraction of sp³-hybridized carbons (Fsp3) is 0.391. The number of fused-ring (bicyclic) bond motifs is 1. The second-order valence-corrected chi connectivity index (χ2v) is 9.13. The largest absolute Gasteiger partial charge is 0.462 e. The first-order valence-electron chi connectivity index (χ1n) is 10.2. The van der Waals surface area contributed by atoms with Crippen molar-refractivity contribution in [3.05, 3.63) is 57.8 Å². The fourth-order valence-corrected chi connectivity index (χ4v) is 4.46. The average molecular weight is 509 g/mol. The Hall–Kier alpha value is -1.90. The molecule has 0 aliphatic rings. The smallest absolute Gasteiger partial charge is 0.338 e. The van der Waals surface area contributed by atoms with Gasteiger partial charge in [0.05, 0.1) is 29.3 Å². The molecule has 0 atom stereocenters. The summed E-state index contributed by atoms with van der Waals surface area (Å²) in [7, 11) is 0. The highest BCUT2D eigenvalue weighted by atomic mass is 79.9. The van der Waals surface area contributed by atoms with E-state index in [9.17, 15) is 9.18 Å². The summed E-state index contributed by atoms with van der Waals surface area (Å²) >= 11 is 4.76. The van der Waals surface area contributed by atoms with Gasteiger partial charge in [-0.3, -0.25) is 0 Å². The number of thioether (sulfide) groups is 1. The zero-order valence-electron chi connectivity index (χ0n) is 17.9. The standard InChI is InChI=1S/C23H26BrFN2O3S/c1-4-29-22(28)16-7-9-21-20(12-16)26-23(27(21)10-5-11-30-15(2)3)31-14-17-6-8-18(24)13-19(17)25/h6-9,12-13,15H,4-5,10-11,14H2,1-3H3. The number of aryl methyl sites for hydroxylation is 1. The average Bonchev–Trinajstić information content (AvgIpc) is 3.07. The van der Waals surface area contributed by atoms with E-state index in [0.29, 0.717) is 46.6 Å². The lowest BCUT2D eigenvalue weighted by atomic mass is 10.2. The van der Waals surface area contributed by atoms with E-state index in [4.69, 9.17) is 14.5 Å². The van der Waals surface area contributed by atoms with Crippen LogP contribution in [0.15, 0.2) is 46.0 Å². The van der Waals surface area contributed by atoms with Crippen LogP contribution < -0.4 is 0 Å². The van der Waals surface area contributed by atoms with E-state index < -0.39 is 0 Å². The predicted octanol–water partition coefficient (Wildman–Crippen LogP) is 6.22. The van der Waals surface area contributed by atoms with Crippen molar-refractivity contribution in [3.8, 4) is 0 Å². The molecule has 2 aromatic carbocycles. The quantitative estimate of drug-likeness (QED) is 0.185. The van der Waals surface area contributed by atoms with Gasteiger partial charge in [0, 0.05) is 23.4 Å². The molecule has 0 spiro atoms. The van der Waals surface area contributed by atoms with Crippen LogP contribution in [0.1, 0.15) is 43.1 Å². The third kappa shape index (κ3) is 6.30.